The Kier molecular flexibility index (Phi) is 11.8. The Morgan fingerprint density at radius 3 is 2.35 bits per heavy atom. The molecule has 0 unspecified atom stereocenters. The number of hydrogen-bond donors (Lipinski definition) is 2. The maximum Gasteiger partial charge on any atom is 0.306 e. The van der Waals surface area contributed by atoms with E-state index in [2.05, 4.69) is 14.8 Å². The van der Waals surface area contributed by atoms with Crippen LogP contribution in [0.15, 0.2) is 0 Å². The quantitative estimate of drug-likeness (QED) is 0.359. The fourth-order valence-corrected chi connectivity index (χ4v) is 3.43. The van der Waals surface area contributed by atoms with Gasteiger partial charge in [0.15, 0.2) is 0 Å². The number of halogens is 1. The summed E-state index contributed by atoms with van der Waals surface area (Å²) in [5.74, 6) is -0.419. The number of nitrogens with zero attached hydrogens (tertiary/aromatic N) is 1. The van der Waals surface area contributed by atoms with E-state index in [1.165, 1.54) is 52.7 Å². The van der Waals surface area contributed by atoms with Crippen molar-refractivity contribution < 1.29 is 17.9 Å². The van der Waals surface area contributed by atoms with Crippen LogP contribution in [-0.2, 0) is 19.7 Å². The summed E-state index contributed by atoms with van der Waals surface area (Å²) in [6, 6.07) is 0.504. The largest absolute Gasteiger partial charge is 0.469 e. The molecule has 1 fully saturated rings. The summed E-state index contributed by atoms with van der Waals surface area (Å²) < 4.78 is 32.1. The molecular weight excluding hydrogens is 342 g/mol. The molecule has 0 spiro atoms. The first kappa shape index (κ1) is 22.6. The van der Waals surface area contributed by atoms with Crippen LogP contribution < -0.4 is 10.0 Å². The zero-order valence-corrected chi connectivity index (χ0v) is 15.7. The van der Waals surface area contributed by atoms with Crippen LogP contribution in [0.3, 0.4) is 0 Å². The standard InChI is InChI=1S/C14H29N3O4S.ClH/c1-17(12-9-14(18)21-2)22(19,20)16-11-10-15-13-7-5-3-4-6-8-13;/h13,15-16H,3-12H2,1-2H3;1H. The molecule has 138 valence electrons. The first-order valence-electron chi connectivity index (χ1n) is 7.97. The van der Waals surface area contributed by atoms with Crippen LogP contribution in [-0.4, -0.2) is 58.5 Å². The highest BCUT2D eigenvalue weighted by Crippen LogP contribution is 2.16. The summed E-state index contributed by atoms with van der Waals surface area (Å²) in [6.45, 7) is 1.08. The van der Waals surface area contributed by atoms with E-state index >= 15 is 0 Å². The third-order valence-electron chi connectivity index (χ3n) is 3.97. The smallest absolute Gasteiger partial charge is 0.306 e. The van der Waals surface area contributed by atoms with Crippen LogP contribution in [0, 0.1) is 0 Å². The minimum Gasteiger partial charge on any atom is -0.469 e. The van der Waals surface area contributed by atoms with Gasteiger partial charge in [-0.2, -0.15) is 12.7 Å². The highest BCUT2D eigenvalue weighted by atomic mass is 35.5. The monoisotopic (exact) mass is 371 g/mol. The second-order valence-electron chi connectivity index (χ2n) is 5.69. The van der Waals surface area contributed by atoms with Crippen molar-refractivity contribution in [2.45, 2.75) is 51.0 Å². The predicted octanol–water partition coefficient (Wildman–Crippen LogP) is 1.05. The number of esters is 1. The minimum atomic E-state index is -3.54. The molecule has 0 aromatic heterocycles. The molecule has 0 aliphatic heterocycles. The summed E-state index contributed by atoms with van der Waals surface area (Å²) >= 11 is 0. The van der Waals surface area contributed by atoms with Gasteiger partial charge in [-0.05, 0) is 12.8 Å². The topological polar surface area (TPSA) is 87.7 Å². The molecule has 0 aromatic carbocycles. The predicted molar refractivity (Wildman–Crippen MR) is 92.9 cm³/mol. The lowest BCUT2D eigenvalue weighted by Crippen LogP contribution is -2.43. The van der Waals surface area contributed by atoms with Crippen molar-refractivity contribution in [2.24, 2.45) is 0 Å². The summed E-state index contributed by atoms with van der Waals surface area (Å²) in [5, 5.41) is 3.41. The van der Waals surface area contributed by atoms with Crippen molar-refractivity contribution in [1.82, 2.24) is 14.3 Å². The lowest BCUT2D eigenvalue weighted by atomic mass is 10.1. The summed E-state index contributed by atoms with van der Waals surface area (Å²) in [5.41, 5.74) is 0. The molecule has 0 amide bonds. The van der Waals surface area contributed by atoms with Gasteiger partial charge < -0.3 is 10.1 Å². The van der Waals surface area contributed by atoms with Gasteiger partial charge in [0.25, 0.3) is 10.2 Å². The Hall–Kier alpha value is -0.410. The van der Waals surface area contributed by atoms with E-state index < -0.39 is 16.2 Å². The molecule has 1 aliphatic rings. The molecule has 0 saturated heterocycles. The van der Waals surface area contributed by atoms with Crippen molar-refractivity contribution in [2.75, 3.05) is 33.8 Å². The third kappa shape index (κ3) is 9.46. The van der Waals surface area contributed by atoms with Gasteiger partial charge in [-0.3, -0.25) is 4.79 Å². The van der Waals surface area contributed by atoms with Gasteiger partial charge in [-0.25, -0.2) is 4.72 Å². The fourth-order valence-electron chi connectivity index (χ4n) is 2.52. The molecule has 9 heteroatoms. The normalized spacial score (nSPS) is 16.7. The van der Waals surface area contributed by atoms with Crippen molar-refractivity contribution in [1.29, 1.82) is 0 Å². The maximum absolute atomic E-state index is 12.0. The molecular formula is C14H30ClN3O4S. The van der Waals surface area contributed by atoms with Crippen molar-refractivity contribution in [3.05, 3.63) is 0 Å². The Labute approximate surface area is 146 Å². The molecule has 0 radical (unpaired) electrons. The van der Waals surface area contributed by atoms with Gasteiger partial charge in [-0.15, -0.1) is 12.4 Å². The molecule has 0 atom stereocenters. The average molecular weight is 372 g/mol. The van der Waals surface area contributed by atoms with E-state index in [-0.39, 0.29) is 25.4 Å². The minimum absolute atomic E-state index is 0. The number of hydrogen-bond acceptors (Lipinski definition) is 5. The second kappa shape index (κ2) is 12.0. The Balaban J connectivity index is 0.00000484. The highest BCUT2D eigenvalue weighted by Gasteiger charge is 2.18. The van der Waals surface area contributed by atoms with E-state index in [9.17, 15) is 13.2 Å². The molecule has 1 rings (SSSR count). The SMILES string of the molecule is COC(=O)CCN(C)S(=O)(=O)NCCNC1CCCCCC1.Cl. The summed E-state index contributed by atoms with van der Waals surface area (Å²) in [6.07, 6.45) is 7.50. The van der Waals surface area contributed by atoms with E-state index in [4.69, 9.17) is 0 Å². The van der Waals surface area contributed by atoms with Crippen LogP contribution in [0.5, 0.6) is 0 Å². The first-order chi connectivity index (χ1) is 10.5. The van der Waals surface area contributed by atoms with Gasteiger partial charge in [0.05, 0.1) is 13.5 Å². The van der Waals surface area contributed by atoms with E-state index in [1.807, 2.05) is 0 Å². The molecule has 0 bridgehead atoms. The third-order valence-corrected chi connectivity index (χ3v) is 5.54. The number of carbonyl (C=O) groups excluding carboxylic acids is 1. The Bertz CT molecular complexity index is 426. The van der Waals surface area contributed by atoms with E-state index in [1.54, 1.807) is 0 Å². The molecule has 23 heavy (non-hydrogen) atoms. The number of rotatable bonds is 9. The van der Waals surface area contributed by atoms with Gasteiger partial charge in [0.1, 0.15) is 0 Å². The Morgan fingerprint density at radius 1 is 1.17 bits per heavy atom. The van der Waals surface area contributed by atoms with Crippen LogP contribution in [0.1, 0.15) is 44.9 Å². The zero-order chi connectivity index (χ0) is 16.4. The second-order valence-corrected chi connectivity index (χ2v) is 7.55. The lowest BCUT2D eigenvalue weighted by molar-refractivity contribution is -0.140. The highest BCUT2D eigenvalue weighted by molar-refractivity contribution is 7.87. The van der Waals surface area contributed by atoms with Crippen LogP contribution in [0.25, 0.3) is 0 Å². The van der Waals surface area contributed by atoms with Crippen LogP contribution >= 0.6 is 12.4 Å². The molecule has 0 heterocycles. The summed E-state index contributed by atoms with van der Waals surface area (Å²) in [4.78, 5) is 11.0. The van der Waals surface area contributed by atoms with Crippen LogP contribution in [0.4, 0.5) is 0 Å². The lowest BCUT2D eigenvalue weighted by Gasteiger charge is -2.19. The number of carbonyl (C=O) groups is 1. The fraction of sp³-hybridized carbons (Fsp3) is 0.929. The molecule has 2 N–H and O–H groups in total. The van der Waals surface area contributed by atoms with E-state index in [0.29, 0.717) is 19.1 Å². The number of nitrogens with one attached hydrogen (secondary N) is 2. The molecule has 0 aromatic rings. The molecule has 7 nitrogen and oxygen atoms in total. The van der Waals surface area contributed by atoms with Gasteiger partial charge in [-0.1, -0.05) is 25.7 Å². The zero-order valence-electron chi connectivity index (χ0n) is 14.0. The van der Waals surface area contributed by atoms with Crippen molar-refractivity contribution >= 4 is 28.6 Å². The van der Waals surface area contributed by atoms with Gasteiger partial charge in [0.2, 0.25) is 0 Å². The number of methoxy groups -OCH3 is 1. The average Bonchev–Trinajstić information content (AvgIpc) is 2.77. The maximum atomic E-state index is 12.0. The van der Waals surface area contributed by atoms with Crippen molar-refractivity contribution in [3.8, 4) is 0 Å². The summed E-state index contributed by atoms with van der Waals surface area (Å²) in [7, 11) is -0.804. The van der Waals surface area contributed by atoms with Gasteiger partial charge in [0, 0.05) is 32.7 Å². The van der Waals surface area contributed by atoms with Gasteiger partial charge >= 0.3 is 5.97 Å². The first-order valence-corrected chi connectivity index (χ1v) is 9.41. The molecule has 1 saturated carbocycles. The van der Waals surface area contributed by atoms with Crippen LogP contribution in [0.2, 0.25) is 0 Å². The van der Waals surface area contributed by atoms with E-state index in [0.717, 1.165) is 4.31 Å². The Morgan fingerprint density at radius 2 is 1.78 bits per heavy atom. The molecule has 1 aliphatic carbocycles. The number of ether oxygens (including phenoxy) is 1. The van der Waals surface area contributed by atoms with Crippen molar-refractivity contribution in [3.63, 3.8) is 0 Å².